The number of benzene rings is 2. The maximum Gasteiger partial charge on any atom is 0.330 e. The number of esters is 2. The van der Waals surface area contributed by atoms with E-state index in [9.17, 15) is 24.4 Å². The number of hydrogen-bond acceptors (Lipinski definition) is 8. The van der Waals surface area contributed by atoms with Gasteiger partial charge in [-0.3, -0.25) is 14.4 Å². The van der Waals surface area contributed by atoms with Crippen LogP contribution in [0.3, 0.4) is 0 Å². The lowest BCUT2D eigenvalue weighted by Gasteiger charge is -2.15. The second-order valence-electron chi connectivity index (χ2n) is 14.0. The molecule has 0 N–H and O–H groups in total. The maximum atomic E-state index is 12.7. The van der Waals surface area contributed by atoms with Gasteiger partial charge in [-0.05, 0) is 92.6 Å². The van der Waals surface area contributed by atoms with E-state index in [2.05, 4.69) is 49.9 Å². The summed E-state index contributed by atoms with van der Waals surface area (Å²) < 4.78 is 17.4. The number of carbonyl (C=O) groups excluding carboxylic acids is 4. The molecule has 12 heteroatoms. The van der Waals surface area contributed by atoms with Crippen LogP contribution in [0.4, 0.5) is 4.79 Å². The van der Waals surface area contributed by atoms with Crippen LogP contribution in [0.25, 0.3) is 0 Å². The Morgan fingerprint density at radius 1 is 0.961 bits per heavy atom. The topological polar surface area (TPSA) is 126 Å². The Bertz CT molecular complexity index is 1800. The van der Waals surface area contributed by atoms with E-state index in [-0.39, 0.29) is 66.3 Å². The molecule has 1 heterocycles. The smallest absolute Gasteiger partial charge is 0.330 e. The zero-order chi connectivity index (χ0) is 37.7. The Morgan fingerprint density at radius 2 is 1.57 bits per heavy atom. The Balaban J connectivity index is 0.000000233. The van der Waals surface area contributed by atoms with Crippen molar-refractivity contribution in [2.75, 3.05) is 19.8 Å². The van der Waals surface area contributed by atoms with Gasteiger partial charge in [0.05, 0.1) is 21.8 Å². The number of nitriles is 1. The highest BCUT2D eigenvalue weighted by Gasteiger charge is 2.62. The molecule has 0 radical (unpaired) electrons. The van der Waals surface area contributed by atoms with Gasteiger partial charge in [-0.15, -0.1) is 6.42 Å². The van der Waals surface area contributed by atoms with Crippen LogP contribution < -0.4 is 4.74 Å². The molecule has 10 nitrogen and oxygen atoms in total. The first-order chi connectivity index (χ1) is 24.0. The van der Waals surface area contributed by atoms with E-state index >= 15 is 0 Å². The van der Waals surface area contributed by atoms with Crippen molar-refractivity contribution in [3.63, 3.8) is 0 Å². The third-order valence-corrected chi connectivity index (χ3v) is 9.91. The molecule has 51 heavy (non-hydrogen) atoms. The molecule has 5 atom stereocenters. The minimum atomic E-state index is -0.986. The lowest BCUT2D eigenvalue weighted by atomic mass is 10.1. The van der Waals surface area contributed by atoms with E-state index in [0.29, 0.717) is 17.1 Å². The van der Waals surface area contributed by atoms with Crippen LogP contribution >= 0.6 is 31.9 Å². The van der Waals surface area contributed by atoms with Crippen molar-refractivity contribution in [2.24, 2.45) is 34.5 Å². The number of nitrogens with zero attached hydrogens (tertiary/aromatic N) is 3. The first-order valence-electron chi connectivity index (χ1n) is 16.3. The molecule has 3 amide bonds. The third-order valence-electron chi connectivity index (χ3n) is 9.39. The summed E-state index contributed by atoms with van der Waals surface area (Å²) in [5, 5.41) is 9.56. The highest BCUT2D eigenvalue weighted by Crippen LogP contribution is 2.61. The van der Waals surface area contributed by atoms with Gasteiger partial charge in [0.25, 0.3) is 5.91 Å². The number of rotatable bonds is 11. The Kier molecular flexibility index (Phi) is 12.6. The minimum Gasteiger partial charge on any atom is -0.457 e. The van der Waals surface area contributed by atoms with Crippen LogP contribution in [-0.2, 0) is 23.9 Å². The number of amides is 3. The predicted octanol–water partition coefficient (Wildman–Crippen LogP) is 8.11. The molecule has 2 unspecified atom stereocenters. The normalized spacial score (nSPS) is 22.5. The number of imide groups is 1. The number of hydrogen-bond donors (Lipinski definition) is 0. The van der Waals surface area contributed by atoms with E-state index in [1.54, 1.807) is 24.3 Å². The molecular weight excluding hydrogens is 782 g/mol. The second-order valence-corrected chi connectivity index (χ2v) is 16.8. The zero-order valence-corrected chi connectivity index (χ0v) is 32.6. The molecule has 2 aromatic carbocycles. The molecule has 1 saturated heterocycles. The monoisotopic (exact) mass is 821 g/mol. The van der Waals surface area contributed by atoms with Gasteiger partial charge >= 0.3 is 18.0 Å². The van der Waals surface area contributed by atoms with Gasteiger partial charge in [-0.2, -0.15) is 5.26 Å². The van der Waals surface area contributed by atoms with Crippen molar-refractivity contribution in [1.82, 2.24) is 9.80 Å². The summed E-state index contributed by atoms with van der Waals surface area (Å²) >= 11 is 6.68. The molecule has 0 aromatic heterocycles. The van der Waals surface area contributed by atoms with Gasteiger partial charge < -0.3 is 19.1 Å². The molecule has 0 bridgehead atoms. The first kappa shape index (κ1) is 39.4. The summed E-state index contributed by atoms with van der Waals surface area (Å²) in [6.07, 6.45) is 8.17. The molecule has 2 aliphatic carbocycles. The SMILES string of the molecule is C#CCN1CC(=O)N(COC(=O)C2C(C=C(C)C)C2(C)C)C1=O.CC1(C)[C@H](C(=O)O[C@H](C#N)c2cccc(Oc3ccccc3)c2)[C@@H]1C=C(Br)Br. The summed E-state index contributed by atoms with van der Waals surface area (Å²) in [7, 11) is 0. The van der Waals surface area contributed by atoms with Crippen LogP contribution in [0.5, 0.6) is 11.5 Å². The highest BCUT2D eigenvalue weighted by molar-refractivity contribution is 9.28. The van der Waals surface area contributed by atoms with Gasteiger partial charge in [0.2, 0.25) is 6.10 Å². The maximum absolute atomic E-state index is 12.7. The molecule has 3 fully saturated rings. The van der Waals surface area contributed by atoms with E-state index < -0.39 is 18.0 Å². The van der Waals surface area contributed by atoms with E-state index in [1.807, 2.05) is 78.0 Å². The van der Waals surface area contributed by atoms with E-state index in [4.69, 9.17) is 20.6 Å². The second kappa shape index (κ2) is 16.3. The highest BCUT2D eigenvalue weighted by atomic mass is 79.9. The van der Waals surface area contributed by atoms with Gasteiger partial charge in [0, 0.05) is 5.56 Å². The fourth-order valence-electron chi connectivity index (χ4n) is 6.27. The van der Waals surface area contributed by atoms with Crippen molar-refractivity contribution in [1.29, 1.82) is 5.26 Å². The molecule has 2 aromatic rings. The number of halogens is 2. The number of carbonyl (C=O) groups is 4. The fourth-order valence-corrected chi connectivity index (χ4v) is 6.84. The molecule has 1 aliphatic heterocycles. The average molecular weight is 824 g/mol. The quantitative estimate of drug-likeness (QED) is 0.0964. The molecule has 268 valence electrons. The summed E-state index contributed by atoms with van der Waals surface area (Å²) in [6.45, 7) is 11.6. The fraction of sp³-hybridized carbons (Fsp3) is 0.410. The summed E-state index contributed by atoms with van der Waals surface area (Å²) in [5.41, 5.74) is 1.36. The van der Waals surface area contributed by atoms with Gasteiger partial charge in [-0.1, -0.05) is 81.7 Å². The summed E-state index contributed by atoms with van der Waals surface area (Å²) in [4.78, 5) is 50.8. The lowest BCUT2D eigenvalue weighted by Crippen LogP contribution is -2.36. The number of terminal acetylenes is 1. The van der Waals surface area contributed by atoms with Crippen molar-refractivity contribution < 1.29 is 33.4 Å². The van der Waals surface area contributed by atoms with E-state index in [0.717, 1.165) is 13.9 Å². The van der Waals surface area contributed by atoms with Crippen molar-refractivity contribution >= 4 is 55.7 Å². The molecular formula is C39H41Br2N3O7. The van der Waals surface area contributed by atoms with Crippen LogP contribution in [0, 0.1) is 58.2 Å². The van der Waals surface area contributed by atoms with Crippen molar-refractivity contribution in [2.45, 2.75) is 47.6 Å². The molecule has 2 saturated carbocycles. The van der Waals surface area contributed by atoms with Crippen molar-refractivity contribution in [3.05, 3.63) is 81.3 Å². The van der Waals surface area contributed by atoms with Gasteiger partial charge in [-0.25, -0.2) is 9.69 Å². The van der Waals surface area contributed by atoms with E-state index in [1.165, 1.54) is 4.90 Å². The Labute approximate surface area is 316 Å². The number of allylic oxidation sites excluding steroid dienone is 3. The first-order valence-corrected chi connectivity index (χ1v) is 17.9. The standard InChI is InChI=1S/C22H19Br2NO3.C17H22N2O4/c1-22(2)17(12-19(23)24)20(22)21(26)28-18(13-25)14-7-6-10-16(11-14)27-15-8-4-3-5-9-15;1-6-7-18-9-13(20)19(16(18)22)10-23-15(21)14-12(8-11(2)3)17(14,4)5/h3-12,17-18,20H,1-2H3;1,8,12,14H,7,9-10H2,2-5H3/t17-,18+,20-;/m0./s1. The minimum absolute atomic E-state index is 0.0563. The Hall–Kier alpha value is -4.39. The predicted molar refractivity (Wildman–Crippen MR) is 198 cm³/mol. The molecule has 3 aliphatic rings. The van der Waals surface area contributed by atoms with Crippen molar-refractivity contribution in [3.8, 4) is 29.9 Å². The number of urea groups is 1. The lowest BCUT2D eigenvalue weighted by molar-refractivity contribution is -0.152. The largest absolute Gasteiger partial charge is 0.457 e. The Morgan fingerprint density at radius 3 is 2.16 bits per heavy atom. The molecule has 0 spiro atoms. The zero-order valence-electron chi connectivity index (χ0n) is 29.4. The third kappa shape index (κ3) is 9.49. The van der Waals surface area contributed by atoms with Crippen LogP contribution in [0.1, 0.15) is 53.2 Å². The van der Waals surface area contributed by atoms with Crippen LogP contribution in [-0.4, -0.2) is 53.5 Å². The van der Waals surface area contributed by atoms with Crippen LogP contribution in [0.15, 0.2) is 75.7 Å². The number of para-hydroxylation sites is 1. The summed E-state index contributed by atoms with van der Waals surface area (Å²) in [6, 6.07) is 18.0. The van der Waals surface area contributed by atoms with Gasteiger partial charge in [0.15, 0.2) is 6.73 Å². The summed E-state index contributed by atoms with van der Waals surface area (Å²) in [5.74, 6) is 2.10. The van der Waals surface area contributed by atoms with Crippen LogP contribution in [0.2, 0.25) is 0 Å². The average Bonchev–Trinajstić information content (AvgIpc) is 3.77. The van der Waals surface area contributed by atoms with Gasteiger partial charge in [0.1, 0.15) is 24.1 Å². The molecule has 5 rings (SSSR count). The number of ether oxygens (including phenoxy) is 3.